The lowest BCUT2D eigenvalue weighted by molar-refractivity contribution is 0.223. The Morgan fingerprint density at radius 3 is 2.93 bits per heavy atom. The number of aliphatic hydroxyl groups excluding tert-OH is 1. The van der Waals surface area contributed by atoms with E-state index in [-0.39, 0.29) is 5.88 Å². The van der Waals surface area contributed by atoms with Gasteiger partial charge in [0, 0.05) is 18.7 Å². The third-order valence-electron chi connectivity index (χ3n) is 1.53. The first-order valence-electron chi connectivity index (χ1n) is 4.08. The van der Waals surface area contributed by atoms with Gasteiger partial charge in [0.05, 0.1) is 6.10 Å². The molecule has 0 radical (unpaired) electrons. The quantitative estimate of drug-likeness (QED) is 0.414. The second kappa shape index (κ2) is 5.34. The highest BCUT2D eigenvalue weighted by molar-refractivity contribution is 7.99. The van der Waals surface area contributed by atoms with Gasteiger partial charge in [0.25, 0.3) is 0 Å². The van der Waals surface area contributed by atoms with E-state index in [0.29, 0.717) is 10.9 Å². The zero-order chi connectivity index (χ0) is 11.4. The molecule has 0 saturated heterocycles. The van der Waals surface area contributed by atoms with Gasteiger partial charge in [-0.2, -0.15) is 4.98 Å². The highest BCUT2D eigenvalue weighted by atomic mass is 35.5. The minimum atomic E-state index is -0.837. The van der Waals surface area contributed by atoms with Gasteiger partial charge >= 0.3 is 11.1 Å². The molecule has 1 heterocycles. The summed E-state index contributed by atoms with van der Waals surface area (Å²) in [6.45, 7) is 0. The summed E-state index contributed by atoms with van der Waals surface area (Å²) in [5.41, 5.74) is -1.60. The van der Waals surface area contributed by atoms with E-state index in [1.807, 2.05) is 0 Å². The van der Waals surface area contributed by atoms with E-state index in [4.69, 9.17) is 11.6 Å². The molecule has 1 unspecified atom stereocenters. The Kier molecular flexibility index (Phi) is 4.37. The third-order valence-corrected chi connectivity index (χ3v) is 3.06. The summed E-state index contributed by atoms with van der Waals surface area (Å²) < 4.78 is 1.33. The maximum absolute atomic E-state index is 10.9. The molecular formula is C7H10ClN3O3S. The van der Waals surface area contributed by atoms with Crippen molar-refractivity contribution in [2.24, 2.45) is 7.05 Å². The fourth-order valence-electron chi connectivity index (χ4n) is 0.805. The SMILES string of the molecule is Cn1[nH]c(=O)c(=O)nc1SCC(O)CCl. The van der Waals surface area contributed by atoms with E-state index in [0.717, 1.165) is 11.8 Å². The first kappa shape index (κ1) is 12.3. The summed E-state index contributed by atoms with van der Waals surface area (Å²) in [6, 6.07) is 0. The van der Waals surface area contributed by atoms with Crippen LogP contribution in [0, 0.1) is 0 Å². The standard InChI is InChI=1S/C7H10ClN3O3S/c1-11-7(15-3-4(12)2-8)9-5(13)6(14)10-11/h4,12H,2-3H2,1H3,(H,10,14). The molecule has 0 amide bonds. The topological polar surface area (TPSA) is 88.0 Å². The average Bonchev–Trinajstić information content (AvgIpc) is 2.21. The molecule has 6 nitrogen and oxygen atoms in total. The Labute approximate surface area is 94.3 Å². The number of rotatable bonds is 4. The summed E-state index contributed by atoms with van der Waals surface area (Å²) in [4.78, 5) is 25.3. The largest absolute Gasteiger partial charge is 0.391 e. The average molecular weight is 252 g/mol. The first-order valence-corrected chi connectivity index (χ1v) is 5.60. The number of hydrogen-bond acceptors (Lipinski definition) is 5. The van der Waals surface area contributed by atoms with Crippen molar-refractivity contribution in [3.8, 4) is 0 Å². The van der Waals surface area contributed by atoms with Gasteiger partial charge in [0.1, 0.15) is 0 Å². The number of aliphatic hydroxyl groups is 1. The Balaban J connectivity index is 2.82. The van der Waals surface area contributed by atoms with Crippen molar-refractivity contribution < 1.29 is 5.11 Å². The number of nitrogens with zero attached hydrogens (tertiary/aromatic N) is 2. The molecule has 1 atom stereocenters. The Morgan fingerprint density at radius 1 is 1.67 bits per heavy atom. The molecule has 1 rings (SSSR count). The van der Waals surface area contributed by atoms with E-state index in [2.05, 4.69) is 10.1 Å². The molecule has 0 spiro atoms. The van der Waals surface area contributed by atoms with E-state index >= 15 is 0 Å². The maximum atomic E-state index is 10.9. The van der Waals surface area contributed by atoms with E-state index in [1.165, 1.54) is 4.68 Å². The number of aromatic amines is 1. The smallest absolute Gasteiger partial charge is 0.339 e. The van der Waals surface area contributed by atoms with Gasteiger partial charge in [-0.25, -0.2) is 0 Å². The molecular weight excluding hydrogens is 242 g/mol. The minimum absolute atomic E-state index is 0.115. The molecule has 1 aromatic rings. The van der Waals surface area contributed by atoms with Crippen LogP contribution in [-0.2, 0) is 7.05 Å². The predicted molar refractivity (Wildman–Crippen MR) is 57.5 cm³/mol. The van der Waals surface area contributed by atoms with E-state index in [9.17, 15) is 14.7 Å². The summed E-state index contributed by atoms with van der Waals surface area (Å²) in [5.74, 6) is 0.431. The molecule has 0 aliphatic heterocycles. The van der Waals surface area contributed by atoms with Crippen LogP contribution >= 0.6 is 23.4 Å². The van der Waals surface area contributed by atoms with E-state index < -0.39 is 17.2 Å². The van der Waals surface area contributed by atoms with Crippen LogP contribution in [0.2, 0.25) is 0 Å². The van der Waals surface area contributed by atoms with Gasteiger partial charge in [-0.1, -0.05) is 11.8 Å². The minimum Gasteiger partial charge on any atom is -0.391 e. The summed E-state index contributed by atoms with van der Waals surface area (Å²) >= 11 is 6.55. The second-order valence-corrected chi connectivity index (χ2v) is 4.11. The van der Waals surface area contributed by atoms with Gasteiger partial charge in [-0.15, -0.1) is 11.6 Å². The van der Waals surface area contributed by atoms with Crippen molar-refractivity contribution in [2.45, 2.75) is 11.3 Å². The zero-order valence-electron chi connectivity index (χ0n) is 7.94. The van der Waals surface area contributed by atoms with Gasteiger partial charge in [-0.3, -0.25) is 19.4 Å². The number of aryl methyl sites for hydroxylation is 1. The molecule has 0 aliphatic rings. The third kappa shape index (κ3) is 3.37. The van der Waals surface area contributed by atoms with Crippen LogP contribution in [0.25, 0.3) is 0 Å². The van der Waals surface area contributed by atoms with Gasteiger partial charge in [0.15, 0.2) is 5.16 Å². The molecule has 2 N–H and O–H groups in total. The van der Waals surface area contributed by atoms with Crippen LogP contribution in [-0.4, -0.2) is 37.6 Å². The van der Waals surface area contributed by atoms with Gasteiger partial charge in [0.2, 0.25) is 0 Å². The molecule has 0 bridgehead atoms. The van der Waals surface area contributed by atoms with E-state index in [1.54, 1.807) is 7.05 Å². The normalized spacial score (nSPS) is 12.7. The van der Waals surface area contributed by atoms with Crippen molar-refractivity contribution in [2.75, 3.05) is 11.6 Å². The summed E-state index contributed by atoms with van der Waals surface area (Å²) in [7, 11) is 1.56. The molecule has 0 saturated carbocycles. The fraction of sp³-hybridized carbons (Fsp3) is 0.571. The van der Waals surface area contributed by atoms with Crippen LogP contribution in [0.3, 0.4) is 0 Å². The Morgan fingerprint density at radius 2 is 2.33 bits per heavy atom. The van der Waals surface area contributed by atoms with Crippen LogP contribution in [0.1, 0.15) is 0 Å². The number of thioether (sulfide) groups is 1. The molecule has 1 aromatic heterocycles. The number of nitrogens with one attached hydrogen (secondary N) is 1. The van der Waals surface area contributed by atoms with Crippen LogP contribution in [0.4, 0.5) is 0 Å². The fourth-order valence-corrected chi connectivity index (χ4v) is 1.89. The lowest BCUT2D eigenvalue weighted by Crippen LogP contribution is -2.34. The van der Waals surface area contributed by atoms with Crippen molar-refractivity contribution in [3.63, 3.8) is 0 Å². The molecule has 8 heteroatoms. The monoisotopic (exact) mass is 251 g/mol. The summed E-state index contributed by atoms with van der Waals surface area (Å²) in [6.07, 6.45) is -0.666. The number of hydrogen-bond donors (Lipinski definition) is 2. The predicted octanol–water partition coefficient (Wildman–Crippen LogP) is -0.840. The van der Waals surface area contributed by atoms with Crippen molar-refractivity contribution in [3.05, 3.63) is 20.7 Å². The lowest BCUT2D eigenvalue weighted by atomic mass is 10.5. The van der Waals surface area contributed by atoms with Crippen molar-refractivity contribution in [1.29, 1.82) is 0 Å². The zero-order valence-corrected chi connectivity index (χ0v) is 9.51. The molecule has 0 aliphatic carbocycles. The van der Waals surface area contributed by atoms with Crippen LogP contribution in [0.15, 0.2) is 14.7 Å². The molecule has 0 aromatic carbocycles. The maximum Gasteiger partial charge on any atom is 0.339 e. The molecule has 84 valence electrons. The molecule has 0 fully saturated rings. The molecule has 15 heavy (non-hydrogen) atoms. The van der Waals surface area contributed by atoms with Gasteiger partial charge in [-0.05, 0) is 0 Å². The lowest BCUT2D eigenvalue weighted by Gasteiger charge is -2.07. The number of halogens is 1. The number of alkyl halides is 1. The highest BCUT2D eigenvalue weighted by Gasteiger charge is 2.08. The second-order valence-electron chi connectivity index (χ2n) is 2.82. The van der Waals surface area contributed by atoms with Crippen LogP contribution in [0.5, 0.6) is 0 Å². The van der Waals surface area contributed by atoms with Crippen molar-refractivity contribution in [1.82, 2.24) is 14.8 Å². The summed E-state index contributed by atoms with van der Waals surface area (Å²) in [5, 5.41) is 11.8. The van der Waals surface area contributed by atoms with Crippen LogP contribution < -0.4 is 11.1 Å². The Hall–Kier alpha value is -0.790. The first-order chi connectivity index (χ1) is 7.04. The highest BCUT2D eigenvalue weighted by Crippen LogP contribution is 2.12. The number of aromatic nitrogens is 3. The van der Waals surface area contributed by atoms with Crippen molar-refractivity contribution >= 4 is 23.4 Å². The Bertz CT molecular complexity index is 444. The van der Waals surface area contributed by atoms with Gasteiger partial charge < -0.3 is 5.11 Å². The number of H-pyrrole nitrogens is 1.